The second-order valence-electron chi connectivity index (χ2n) is 8.79. The van der Waals surface area contributed by atoms with E-state index >= 15 is 0 Å². The number of carbonyl (C=O) groups excluding carboxylic acids is 1. The summed E-state index contributed by atoms with van der Waals surface area (Å²) in [4.78, 5) is 16.1. The first-order valence-electron chi connectivity index (χ1n) is 11.7. The van der Waals surface area contributed by atoms with E-state index in [9.17, 15) is 31.1 Å². The van der Waals surface area contributed by atoms with E-state index in [-0.39, 0.29) is 18.5 Å². The summed E-state index contributed by atoms with van der Waals surface area (Å²) in [6, 6.07) is 15.1. The molecule has 3 nitrogen and oxygen atoms in total. The highest BCUT2D eigenvalue weighted by molar-refractivity contribution is 5.88. The molecule has 0 spiro atoms. The van der Waals surface area contributed by atoms with Gasteiger partial charge in [-0.25, -0.2) is 0 Å². The Kier molecular flexibility index (Phi) is 7.34. The normalized spacial score (nSPS) is 13.1. The van der Waals surface area contributed by atoms with Crippen LogP contribution in [0.25, 0.3) is 10.9 Å². The minimum atomic E-state index is -4.55. The zero-order chi connectivity index (χ0) is 26.8. The monoisotopic (exact) mass is 518 g/mol. The Hall–Kier alpha value is -3.75. The molecule has 194 valence electrons. The Morgan fingerprint density at radius 2 is 1.54 bits per heavy atom. The first-order valence-corrected chi connectivity index (χ1v) is 11.7. The number of alkyl halides is 6. The second kappa shape index (κ2) is 10.3. The highest BCUT2D eigenvalue weighted by atomic mass is 19.4. The summed E-state index contributed by atoms with van der Waals surface area (Å²) >= 11 is 0. The van der Waals surface area contributed by atoms with Crippen LogP contribution in [0.3, 0.4) is 0 Å². The van der Waals surface area contributed by atoms with Crippen LogP contribution < -0.4 is 5.32 Å². The molecule has 0 saturated carbocycles. The maximum atomic E-state index is 13.4. The molecule has 9 heteroatoms. The Labute approximate surface area is 209 Å². The van der Waals surface area contributed by atoms with Crippen LogP contribution in [-0.4, -0.2) is 10.9 Å². The highest BCUT2D eigenvalue weighted by Gasteiger charge is 2.32. The quantitative estimate of drug-likeness (QED) is 0.243. The molecule has 1 amide bonds. The number of hydrogen-bond acceptors (Lipinski definition) is 1. The van der Waals surface area contributed by atoms with Crippen molar-refractivity contribution in [3.8, 4) is 0 Å². The van der Waals surface area contributed by atoms with E-state index in [1.54, 1.807) is 12.3 Å². The lowest BCUT2D eigenvalue weighted by atomic mass is 9.86. The van der Waals surface area contributed by atoms with Crippen molar-refractivity contribution < 1.29 is 31.1 Å². The van der Waals surface area contributed by atoms with Crippen LogP contribution >= 0.6 is 0 Å². The average Bonchev–Trinajstić information content (AvgIpc) is 3.29. The fraction of sp³-hybridized carbons (Fsp3) is 0.250. The molecule has 2 N–H and O–H groups in total. The number of halogens is 6. The Balaban J connectivity index is 1.65. The third kappa shape index (κ3) is 5.98. The van der Waals surface area contributed by atoms with E-state index in [0.717, 1.165) is 47.2 Å². The fourth-order valence-corrected chi connectivity index (χ4v) is 4.48. The van der Waals surface area contributed by atoms with Gasteiger partial charge >= 0.3 is 12.4 Å². The maximum Gasteiger partial charge on any atom is 0.416 e. The van der Waals surface area contributed by atoms with Crippen molar-refractivity contribution in [2.24, 2.45) is 0 Å². The summed E-state index contributed by atoms with van der Waals surface area (Å²) in [5.41, 5.74) is 1.46. The molecule has 1 atom stereocenters. The third-order valence-corrected chi connectivity index (χ3v) is 6.34. The summed E-state index contributed by atoms with van der Waals surface area (Å²) in [5, 5.41) is 3.42. The predicted molar refractivity (Wildman–Crippen MR) is 129 cm³/mol. The molecule has 4 aromatic rings. The smallest absolute Gasteiger partial charge is 0.361 e. The van der Waals surface area contributed by atoms with Crippen LogP contribution in [0.15, 0.2) is 72.9 Å². The molecule has 3 aromatic carbocycles. The maximum absolute atomic E-state index is 13.4. The van der Waals surface area contributed by atoms with Crippen LogP contribution in [0.5, 0.6) is 0 Å². The number of fused-ring (bicyclic) bond motifs is 1. The molecule has 0 radical (unpaired) electrons. The van der Waals surface area contributed by atoms with E-state index in [1.165, 1.54) is 18.2 Å². The number of nitrogens with one attached hydrogen (secondary N) is 2. The van der Waals surface area contributed by atoms with Crippen LogP contribution in [0.4, 0.5) is 26.3 Å². The van der Waals surface area contributed by atoms with Gasteiger partial charge in [0.1, 0.15) is 0 Å². The molecular weight excluding hydrogens is 494 g/mol. The summed E-state index contributed by atoms with van der Waals surface area (Å²) < 4.78 is 79.4. The zero-order valence-corrected chi connectivity index (χ0v) is 19.8. The number of aromatic amines is 1. The SMILES string of the molecule is CCc1cccc2c(C(CC(=O)NCc3cccc(C(F)(F)F)c3)c3cccc(C(F)(F)F)c3)c[nH]c12. The third-order valence-electron chi connectivity index (χ3n) is 6.34. The number of amides is 1. The summed E-state index contributed by atoms with van der Waals surface area (Å²) in [6.07, 6.45) is -6.81. The minimum absolute atomic E-state index is 0.147. The number of H-pyrrole nitrogens is 1. The number of aromatic nitrogens is 1. The van der Waals surface area contributed by atoms with E-state index < -0.39 is 35.3 Å². The number of hydrogen-bond donors (Lipinski definition) is 2. The van der Waals surface area contributed by atoms with Gasteiger partial charge in [-0.3, -0.25) is 4.79 Å². The molecule has 0 saturated heterocycles. The van der Waals surface area contributed by atoms with Gasteiger partial charge in [-0.05, 0) is 46.9 Å². The molecule has 0 bridgehead atoms. The Morgan fingerprint density at radius 3 is 2.22 bits per heavy atom. The fourth-order valence-electron chi connectivity index (χ4n) is 4.48. The molecule has 37 heavy (non-hydrogen) atoms. The van der Waals surface area contributed by atoms with Crippen molar-refractivity contribution in [3.63, 3.8) is 0 Å². The van der Waals surface area contributed by atoms with Gasteiger partial charge in [0, 0.05) is 36.0 Å². The second-order valence-corrected chi connectivity index (χ2v) is 8.79. The van der Waals surface area contributed by atoms with E-state index in [1.807, 2.05) is 25.1 Å². The number of aryl methyl sites for hydroxylation is 1. The predicted octanol–water partition coefficient (Wildman–Crippen LogP) is 7.61. The summed E-state index contributed by atoms with van der Waals surface area (Å²) in [5.74, 6) is -1.22. The number of rotatable bonds is 7. The Morgan fingerprint density at radius 1 is 0.892 bits per heavy atom. The Bertz CT molecular complexity index is 1400. The highest BCUT2D eigenvalue weighted by Crippen LogP contribution is 2.37. The van der Waals surface area contributed by atoms with Gasteiger partial charge in [-0.2, -0.15) is 26.3 Å². The van der Waals surface area contributed by atoms with Gasteiger partial charge in [0.25, 0.3) is 0 Å². The van der Waals surface area contributed by atoms with Gasteiger partial charge in [0.2, 0.25) is 5.91 Å². The lowest BCUT2D eigenvalue weighted by Gasteiger charge is -2.19. The molecular formula is C28H24F6N2O. The molecule has 0 aliphatic rings. The van der Waals surface area contributed by atoms with Crippen molar-refractivity contribution in [2.75, 3.05) is 0 Å². The molecule has 4 rings (SSSR count). The van der Waals surface area contributed by atoms with Crippen LogP contribution in [0.1, 0.15) is 52.6 Å². The summed E-state index contributed by atoms with van der Waals surface area (Å²) in [7, 11) is 0. The first-order chi connectivity index (χ1) is 17.5. The van der Waals surface area contributed by atoms with Crippen molar-refractivity contribution in [2.45, 2.75) is 44.6 Å². The van der Waals surface area contributed by atoms with Gasteiger partial charge in [-0.1, -0.05) is 55.5 Å². The van der Waals surface area contributed by atoms with Gasteiger partial charge in [-0.15, -0.1) is 0 Å². The number of para-hydroxylation sites is 1. The largest absolute Gasteiger partial charge is 0.416 e. The lowest BCUT2D eigenvalue weighted by molar-refractivity contribution is -0.138. The van der Waals surface area contributed by atoms with Crippen molar-refractivity contribution in [1.82, 2.24) is 10.3 Å². The van der Waals surface area contributed by atoms with Gasteiger partial charge in [0.05, 0.1) is 11.1 Å². The van der Waals surface area contributed by atoms with Crippen molar-refractivity contribution in [1.29, 1.82) is 0 Å². The van der Waals surface area contributed by atoms with Gasteiger partial charge < -0.3 is 10.3 Å². The lowest BCUT2D eigenvalue weighted by Crippen LogP contribution is -2.25. The topological polar surface area (TPSA) is 44.9 Å². The standard InChI is InChI=1S/C28H24F6N2O/c1-2-18-7-5-11-22-24(16-36-26(18)22)23(19-8-4-10-21(13-19)28(32,33)34)14-25(37)35-15-17-6-3-9-20(12-17)27(29,30)31/h3-13,16,23,36H,2,14-15H2,1H3,(H,35,37). The number of carbonyl (C=O) groups is 1. The molecule has 1 unspecified atom stereocenters. The zero-order valence-electron chi connectivity index (χ0n) is 19.8. The molecule has 0 fully saturated rings. The van der Waals surface area contributed by atoms with Crippen LogP contribution in [0, 0.1) is 0 Å². The van der Waals surface area contributed by atoms with Gasteiger partial charge in [0.15, 0.2) is 0 Å². The first kappa shape index (κ1) is 26.3. The van der Waals surface area contributed by atoms with Crippen LogP contribution in [0.2, 0.25) is 0 Å². The summed E-state index contributed by atoms with van der Waals surface area (Å²) in [6.45, 7) is 1.84. The number of benzene rings is 3. The molecule has 1 heterocycles. The molecule has 0 aliphatic heterocycles. The van der Waals surface area contributed by atoms with E-state index in [0.29, 0.717) is 11.1 Å². The molecule has 0 aliphatic carbocycles. The van der Waals surface area contributed by atoms with Crippen molar-refractivity contribution >= 4 is 16.8 Å². The van der Waals surface area contributed by atoms with Crippen molar-refractivity contribution in [3.05, 3.63) is 106 Å². The van der Waals surface area contributed by atoms with Crippen LogP contribution in [-0.2, 0) is 30.1 Å². The van der Waals surface area contributed by atoms with E-state index in [4.69, 9.17) is 0 Å². The average molecular weight is 519 g/mol. The van der Waals surface area contributed by atoms with E-state index in [2.05, 4.69) is 10.3 Å². The minimum Gasteiger partial charge on any atom is -0.361 e. The molecule has 1 aromatic heterocycles.